The summed E-state index contributed by atoms with van der Waals surface area (Å²) in [5, 5.41) is 5.38. The maximum Gasteiger partial charge on any atom is 0.325 e. The normalized spacial score (nSPS) is 14.6. The molecule has 0 bridgehead atoms. The van der Waals surface area contributed by atoms with E-state index in [1.807, 2.05) is 32.9 Å². The van der Waals surface area contributed by atoms with Crippen molar-refractivity contribution in [1.82, 2.24) is 5.32 Å². The van der Waals surface area contributed by atoms with Crippen LogP contribution in [0.5, 0.6) is 0 Å². The van der Waals surface area contributed by atoms with Gasteiger partial charge in [-0.05, 0) is 44.7 Å². The van der Waals surface area contributed by atoms with E-state index in [9.17, 15) is 14.4 Å². The van der Waals surface area contributed by atoms with Gasteiger partial charge in [0.25, 0.3) is 5.91 Å². The zero-order valence-corrected chi connectivity index (χ0v) is 15.8. The molecule has 1 aliphatic rings. The Morgan fingerprint density at radius 3 is 2.27 bits per heavy atom. The van der Waals surface area contributed by atoms with Crippen LogP contribution in [0.3, 0.4) is 0 Å². The predicted molar refractivity (Wildman–Crippen MR) is 99.8 cm³/mol. The Bertz CT molecular complexity index is 655. The quantitative estimate of drug-likeness (QED) is 0.764. The number of carbonyl (C=O) groups excluding carboxylic acids is 3. The van der Waals surface area contributed by atoms with Gasteiger partial charge < -0.3 is 15.4 Å². The molecule has 2 N–H and O–H groups in total. The number of hydrogen-bond acceptors (Lipinski definition) is 4. The molecule has 0 saturated heterocycles. The first-order chi connectivity index (χ1) is 12.4. The fourth-order valence-electron chi connectivity index (χ4n) is 3.42. The molecule has 0 aromatic heterocycles. The molecule has 26 heavy (non-hydrogen) atoms. The van der Waals surface area contributed by atoms with E-state index in [1.54, 1.807) is 0 Å². The number of hydrogen-bond donors (Lipinski definition) is 2. The van der Waals surface area contributed by atoms with Crippen molar-refractivity contribution in [2.45, 2.75) is 52.9 Å². The summed E-state index contributed by atoms with van der Waals surface area (Å²) in [6.07, 6.45) is 5.03. The molecule has 0 unspecified atom stereocenters. The van der Waals surface area contributed by atoms with Crippen molar-refractivity contribution in [1.29, 1.82) is 0 Å². The number of amides is 2. The minimum atomic E-state index is -0.610. The second kappa shape index (κ2) is 9.36. The van der Waals surface area contributed by atoms with Crippen LogP contribution in [0.4, 0.5) is 5.69 Å². The van der Waals surface area contributed by atoms with Crippen LogP contribution in [-0.4, -0.2) is 30.9 Å². The van der Waals surface area contributed by atoms with Crippen LogP contribution in [0, 0.1) is 26.7 Å². The SMILES string of the molecule is Cc1cc(C)c(NC(=O)COC(=O)CNC(=O)C2CCCCC2)c(C)c1. The number of aryl methyl sites for hydroxylation is 3. The largest absolute Gasteiger partial charge is 0.454 e. The van der Waals surface area contributed by atoms with Crippen molar-refractivity contribution in [3.05, 3.63) is 28.8 Å². The highest BCUT2D eigenvalue weighted by Gasteiger charge is 2.21. The van der Waals surface area contributed by atoms with Crippen molar-refractivity contribution in [3.63, 3.8) is 0 Å². The second-order valence-corrected chi connectivity index (χ2v) is 7.04. The third kappa shape index (κ3) is 5.86. The van der Waals surface area contributed by atoms with Gasteiger partial charge in [0, 0.05) is 11.6 Å². The zero-order chi connectivity index (χ0) is 19.1. The molecule has 0 heterocycles. The molecule has 0 spiro atoms. The molecule has 0 aliphatic heterocycles. The van der Waals surface area contributed by atoms with Crippen LogP contribution in [0.15, 0.2) is 12.1 Å². The molecule has 6 nitrogen and oxygen atoms in total. The third-order valence-corrected chi connectivity index (χ3v) is 4.69. The lowest BCUT2D eigenvalue weighted by Gasteiger charge is -2.20. The molecule has 1 fully saturated rings. The van der Waals surface area contributed by atoms with E-state index in [0.717, 1.165) is 48.1 Å². The molecule has 0 atom stereocenters. The van der Waals surface area contributed by atoms with Gasteiger partial charge in [0.15, 0.2) is 6.61 Å². The minimum Gasteiger partial charge on any atom is -0.454 e. The van der Waals surface area contributed by atoms with Gasteiger partial charge >= 0.3 is 5.97 Å². The molecular formula is C20H28N2O4. The minimum absolute atomic E-state index is 0.00710. The van der Waals surface area contributed by atoms with E-state index < -0.39 is 11.9 Å². The average molecular weight is 360 g/mol. The number of nitrogens with one attached hydrogen (secondary N) is 2. The first-order valence-electron chi connectivity index (χ1n) is 9.18. The molecule has 2 amide bonds. The van der Waals surface area contributed by atoms with E-state index in [1.165, 1.54) is 6.42 Å². The maximum absolute atomic E-state index is 12.0. The van der Waals surface area contributed by atoms with E-state index in [-0.39, 0.29) is 25.0 Å². The number of rotatable bonds is 6. The topological polar surface area (TPSA) is 84.5 Å². The first kappa shape index (κ1) is 19.9. The van der Waals surface area contributed by atoms with Crippen LogP contribution in [0.1, 0.15) is 48.8 Å². The van der Waals surface area contributed by atoms with Gasteiger partial charge in [-0.1, -0.05) is 37.0 Å². The van der Waals surface area contributed by atoms with Gasteiger partial charge in [-0.25, -0.2) is 0 Å². The Labute approximate surface area is 154 Å². The average Bonchev–Trinajstić information content (AvgIpc) is 2.61. The number of carbonyl (C=O) groups is 3. The van der Waals surface area contributed by atoms with Crippen LogP contribution in [0.2, 0.25) is 0 Å². The highest BCUT2D eigenvalue weighted by molar-refractivity contribution is 5.94. The summed E-state index contributed by atoms with van der Waals surface area (Å²) in [5.74, 6) is -1.11. The summed E-state index contributed by atoms with van der Waals surface area (Å²) in [7, 11) is 0. The lowest BCUT2D eigenvalue weighted by atomic mass is 9.89. The lowest BCUT2D eigenvalue weighted by Crippen LogP contribution is -2.36. The highest BCUT2D eigenvalue weighted by Crippen LogP contribution is 2.23. The number of benzene rings is 1. The van der Waals surface area contributed by atoms with Crippen LogP contribution in [0.25, 0.3) is 0 Å². The third-order valence-electron chi connectivity index (χ3n) is 4.69. The molecule has 2 rings (SSSR count). The van der Waals surface area contributed by atoms with Gasteiger partial charge in [-0.3, -0.25) is 14.4 Å². The molecule has 6 heteroatoms. The van der Waals surface area contributed by atoms with E-state index in [2.05, 4.69) is 10.6 Å². The van der Waals surface area contributed by atoms with Crippen LogP contribution < -0.4 is 10.6 Å². The fourth-order valence-corrected chi connectivity index (χ4v) is 3.42. The van der Waals surface area contributed by atoms with Crippen LogP contribution >= 0.6 is 0 Å². The van der Waals surface area contributed by atoms with Crippen LogP contribution in [-0.2, 0) is 19.1 Å². The smallest absolute Gasteiger partial charge is 0.325 e. The molecular weight excluding hydrogens is 332 g/mol. The van der Waals surface area contributed by atoms with Crippen molar-refractivity contribution in [2.75, 3.05) is 18.5 Å². The van der Waals surface area contributed by atoms with Gasteiger partial charge in [0.1, 0.15) is 6.54 Å². The summed E-state index contributed by atoms with van der Waals surface area (Å²) < 4.78 is 4.95. The Morgan fingerprint density at radius 2 is 1.65 bits per heavy atom. The molecule has 1 aromatic rings. The maximum atomic E-state index is 12.0. The number of ether oxygens (including phenoxy) is 1. The Hall–Kier alpha value is -2.37. The Morgan fingerprint density at radius 1 is 1.04 bits per heavy atom. The summed E-state index contributed by atoms with van der Waals surface area (Å²) in [6, 6.07) is 3.96. The molecule has 1 aromatic carbocycles. The molecule has 1 saturated carbocycles. The van der Waals surface area contributed by atoms with Gasteiger partial charge in [-0.2, -0.15) is 0 Å². The number of anilines is 1. The standard InChI is InChI=1S/C20H28N2O4/c1-13-9-14(2)19(15(3)10-13)22-17(23)12-26-18(24)11-21-20(25)16-7-5-4-6-8-16/h9-10,16H,4-8,11-12H2,1-3H3,(H,21,25)(H,22,23). The molecule has 1 aliphatic carbocycles. The summed E-state index contributed by atoms with van der Waals surface area (Å²) in [6.45, 7) is 5.26. The van der Waals surface area contributed by atoms with Crippen molar-refractivity contribution in [3.8, 4) is 0 Å². The second-order valence-electron chi connectivity index (χ2n) is 7.04. The highest BCUT2D eigenvalue weighted by atomic mass is 16.5. The first-order valence-corrected chi connectivity index (χ1v) is 9.18. The Kier molecular flexibility index (Phi) is 7.18. The zero-order valence-electron chi connectivity index (χ0n) is 15.8. The van der Waals surface area contributed by atoms with Gasteiger partial charge in [0.05, 0.1) is 0 Å². The fraction of sp³-hybridized carbons (Fsp3) is 0.550. The van der Waals surface area contributed by atoms with Crippen molar-refractivity contribution in [2.24, 2.45) is 5.92 Å². The van der Waals surface area contributed by atoms with Crippen molar-refractivity contribution < 1.29 is 19.1 Å². The van der Waals surface area contributed by atoms with Gasteiger partial charge in [-0.15, -0.1) is 0 Å². The molecule has 0 radical (unpaired) electrons. The van der Waals surface area contributed by atoms with E-state index >= 15 is 0 Å². The molecule has 142 valence electrons. The summed E-state index contributed by atoms with van der Waals surface area (Å²) in [4.78, 5) is 35.8. The van der Waals surface area contributed by atoms with E-state index in [0.29, 0.717) is 0 Å². The monoisotopic (exact) mass is 360 g/mol. The van der Waals surface area contributed by atoms with Crippen molar-refractivity contribution >= 4 is 23.5 Å². The predicted octanol–water partition coefficient (Wildman–Crippen LogP) is 2.79. The van der Waals surface area contributed by atoms with Gasteiger partial charge in [0.2, 0.25) is 5.91 Å². The summed E-state index contributed by atoms with van der Waals surface area (Å²) in [5.41, 5.74) is 3.78. The van der Waals surface area contributed by atoms with E-state index in [4.69, 9.17) is 4.74 Å². The Balaban J connectivity index is 1.73. The summed E-state index contributed by atoms with van der Waals surface area (Å²) >= 11 is 0. The lowest BCUT2D eigenvalue weighted by molar-refractivity contribution is -0.147. The number of esters is 1.